The molecule has 2 nitrogen and oxygen atoms in total. The van der Waals surface area contributed by atoms with E-state index in [1.807, 2.05) is 6.20 Å². The Morgan fingerprint density at radius 2 is 2.20 bits per heavy atom. The van der Waals surface area contributed by atoms with Gasteiger partial charge in [-0.25, -0.2) is 4.98 Å². The van der Waals surface area contributed by atoms with Crippen molar-refractivity contribution in [3.8, 4) is 11.3 Å². The topological polar surface area (TPSA) is 28.7 Å². The fraction of sp³-hybridized carbons (Fsp3) is 0.308. The number of nitrogens with zero attached hydrogens (tertiary/aromatic N) is 1. The zero-order valence-corrected chi connectivity index (χ0v) is 8.83. The van der Waals surface area contributed by atoms with Crippen molar-refractivity contribution in [1.82, 2.24) is 9.97 Å². The summed E-state index contributed by atoms with van der Waals surface area (Å²) in [6.45, 7) is 2.11. The normalized spacial score (nSPS) is 15.5. The highest BCUT2D eigenvalue weighted by Gasteiger charge is 2.26. The molecule has 0 atom stereocenters. The predicted octanol–water partition coefficient (Wildman–Crippen LogP) is 3.26. The highest BCUT2D eigenvalue weighted by atomic mass is 14.9. The van der Waals surface area contributed by atoms with Crippen LogP contribution < -0.4 is 0 Å². The maximum absolute atomic E-state index is 4.43. The van der Waals surface area contributed by atoms with Gasteiger partial charge in [-0.15, -0.1) is 0 Å². The van der Waals surface area contributed by atoms with Crippen molar-refractivity contribution in [3.63, 3.8) is 0 Å². The second-order valence-corrected chi connectivity index (χ2v) is 4.33. The molecule has 0 spiro atoms. The van der Waals surface area contributed by atoms with E-state index in [1.165, 1.54) is 24.0 Å². The molecule has 3 rings (SSSR count). The smallest absolute Gasteiger partial charge is 0.109 e. The van der Waals surface area contributed by atoms with Crippen LogP contribution in [0.15, 0.2) is 30.5 Å². The molecule has 1 aliphatic rings. The van der Waals surface area contributed by atoms with Crippen LogP contribution in [0, 0.1) is 6.92 Å². The van der Waals surface area contributed by atoms with Crippen molar-refractivity contribution in [1.29, 1.82) is 0 Å². The van der Waals surface area contributed by atoms with Gasteiger partial charge in [0.1, 0.15) is 5.82 Å². The van der Waals surface area contributed by atoms with Gasteiger partial charge in [0, 0.05) is 5.92 Å². The Hall–Kier alpha value is -1.57. The van der Waals surface area contributed by atoms with E-state index in [1.54, 1.807) is 0 Å². The monoisotopic (exact) mass is 198 g/mol. The zero-order chi connectivity index (χ0) is 10.3. The molecule has 15 heavy (non-hydrogen) atoms. The third-order valence-electron chi connectivity index (χ3n) is 2.89. The van der Waals surface area contributed by atoms with Crippen molar-refractivity contribution < 1.29 is 0 Å². The van der Waals surface area contributed by atoms with E-state index < -0.39 is 0 Å². The van der Waals surface area contributed by atoms with Crippen LogP contribution in [0.25, 0.3) is 11.3 Å². The fourth-order valence-corrected chi connectivity index (χ4v) is 1.86. The molecule has 0 saturated heterocycles. The first-order valence-corrected chi connectivity index (χ1v) is 5.45. The molecule has 0 radical (unpaired) electrons. The minimum atomic E-state index is 0.698. The molecule has 1 aromatic heterocycles. The lowest BCUT2D eigenvalue weighted by Crippen LogP contribution is -1.82. The highest BCUT2D eigenvalue weighted by molar-refractivity contribution is 5.59. The molecule has 1 saturated carbocycles. The number of rotatable bonds is 2. The third kappa shape index (κ3) is 1.67. The molecule has 1 aromatic carbocycles. The maximum Gasteiger partial charge on any atom is 0.109 e. The van der Waals surface area contributed by atoms with Crippen molar-refractivity contribution in [2.24, 2.45) is 0 Å². The maximum atomic E-state index is 4.43. The van der Waals surface area contributed by atoms with Crippen LogP contribution in [0.1, 0.15) is 30.1 Å². The standard InChI is InChI=1S/C13H14N2/c1-9-3-2-4-11(7-9)12-8-14-13(15-12)10-5-6-10/h2-4,7-8,10H,5-6H2,1H3,(H,14,15). The number of imidazole rings is 1. The molecule has 1 N–H and O–H groups in total. The predicted molar refractivity (Wildman–Crippen MR) is 60.7 cm³/mol. The third-order valence-corrected chi connectivity index (χ3v) is 2.89. The minimum absolute atomic E-state index is 0.698. The number of H-pyrrole nitrogens is 1. The number of hydrogen-bond acceptors (Lipinski definition) is 1. The van der Waals surface area contributed by atoms with Gasteiger partial charge >= 0.3 is 0 Å². The Morgan fingerprint density at radius 3 is 2.93 bits per heavy atom. The van der Waals surface area contributed by atoms with E-state index in [-0.39, 0.29) is 0 Å². The van der Waals surface area contributed by atoms with Gasteiger partial charge in [0.25, 0.3) is 0 Å². The van der Waals surface area contributed by atoms with Crippen LogP contribution in [-0.2, 0) is 0 Å². The van der Waals surface area contributed by atoms with E-state index in [2.05, 4.69) is 41.2 Å². The zero-order valence-electron chi connectivity index (χ0n) is 8.83. The van der Waals surface area contributed by atoms with Gasteiger partial charge in [0.2, 0.25) is 0 Å². The molecule has 1 fully saturated rings. The molecule has 0 unspecified atom stereocenters. The van der Waals surface area contributed by atoms with Gasteiger partial charge in [-0.05, 0) is 31.4 Å². The van der Waals surface area contributed by atoms with Crippen LogP contribution in [0.5, 0.6) is 0 Å². The second-order valence-electron chi connectivity index (χ2n) is 4.33. The van der Waals surface area contributed by atoms with Crippen LogP contribution in [0.3, 0.4) is 0 Å². The van der Waals surface area contributed by atoms with E-state index in [4.69, 9.17) is 0 Å². The Bertz CT molecular complexity index is 481. The Labute approximate surface area is 89.4 Å². The van der Waals surface area contributed by atoms with Gasteiger partial charge in [0.05, 0.1) is 11.9 Å². The first-order chi connectivity index (χ1) is 7.33. The van der Waals surface area contributed by atoms with E-state index in [0.29, 0.717) is 5.92 Å². The Kier molecular flexibility index (Phi) is 1.88. The van der Waals surface area contributed by atoms with Crippen LogP contribution in [0.2, 0.25) is 0 Å². The Balaban J connectivity index is 1.97. The van der Waals surface area contributed by atoms with Gasteiger partial charge in [0.15, 0.2) is 0 Å². The van der Waals surface area contributed by atoms with Gasteiger partial charge in [-0.1, -0.05) is 23.8 Å². The number of aromatic nitrogens is 2. The summed E-state index contributed by atoms with van der Waals surface area (Å²) in [7, 11) is 0. The molecule has 0 bridgehead atoms. The molecule has 0 aliphatic heterocycles. The van der Waals surface area contributed by atoms with Gasteiger partial charge < -0.3 is 4.98 Å². The number of benzene rings is 1. The average Bonchev–Trinajstić information content (AvgIpc) is 2.97. The largest absolute Gasteiger partial charge is 0.342 e. The number of aryl methyl sites for hydroxylation is 1. The van der Waals surface area contributed by atoms with Crippen molar-refractivity contribution in [2.75, 3.05) is 0 Å². The number of nitrogens with one attached hydrogen (secondary N) is 1. The summed E-state index contributed by atoms with van der Waals surface area (Å²) in [4.78, 5) is 7.84. The average molecular weight is 198 g/mol. The summed E-state index contributed by atoms with van der Waals surface area (Å²) in [5.74, 6) is 1.86. The molecular formula is C13H14N2. The van der Waals surface area contributed by atoms with Crippen LogP contribution in [0.4, 0.5) is 0 Å². The van der Waals surface area contributed by atoms with Crippen LogP contribution in [-0.4, -0.2) is 9.97 Å². The van der Waals surface area contributed by atoms with E-state index in [0.717, 1.165) is 11.5 Å². The summed E-state index contributed by atoms with van der Waals surface area (Å²) in [6, 6.07) is 8.51. The molecule has 1 aliphatic carbocycles. The highest BCUT2D eigenvalue weighted by Crippen LogP contribution is 2.38. The molecule has 0 amide bonds. The summed E-state index contributed by atoms with van der Waals surface area (Å²) < 4.78 is 0. The Morgan fingerprint density at radius 1 is 1.33 bits per heavy atom. The SMILES string of the molecule is Cc1cccc(-c2cnc(C3CC3)[nH]2)c1. The number of aromatic amines is 1. The van der Waals surface area contributed by atoms with Gasteiger partial charge in [-0.3, -0.25) is 0 Å². The fourth-order valence-electron chi connectivity index (χ4n) is 1.86. The summed E-state index contributed by atoms with van der Waals surface area (Å²) in [5, 5.41) is 0. The van der Waals surface area contributed by atoms with Crippen molar-refractivity contribution >= 4 is 0 Å². The van der Waals surface area contributed by atoms with Crippen molar-refractivity contribution in [2.45, 2.75) is 25.7 Å². The molecule has 2 aromatic rings. The molecule has 1 heterocycles. The lowest BCUT2D eigenvalue weighted by molar-refractivity contribution is 0.977. The minimum Gasteiger partial charge on any atom is -0.342 e. The van der Waals surface area contributed by atoms with E-state index in [9.17, 15) is 0 Å². The first kappa shape index (κ1) is 8.72. The summed E-state index contributed by atoms with van der Waals surface area (Å²) >= 11 is 0. The molecule has 2 heteroatoms. The number of hydrogen-bond donors (Lipinski definition) is 1. The lowest BCUT2D eigenvalue weighted by Gasteiger charge is -1.98. The molecule has 76 valence electrons. The van der Waals surface area contributed by atoms with Crippen LogP contribution >= 0.6 is 0 Å². The van der Waals surface area contributed by atoms with E-state index >= 15 is 0 Å². The first-order valence-electron chi connectivity index (χ1n) is 5.45. The van der Waals surface area contributed by atoms with Crippen molar-refractivity contribution in [3.05, 3.63) is 41.9 Å². The summed E-state index contributed by atoms with van der Waals surface area (Å²) in [5.41, 5.74) is 3.66. The molecular weight excluding hydrogens is 184 g/mol. The lowest BCUT2D eigenvalue weighted by atomic mass is 10.1. The second kappa shape index (κ2) is 3.23. The van der Waals surface area contributed by atoms with Gasteiger partial charge in [-0.2, -0.15) is 0 Å². The summed E-state index contributed by atoms with van der Waals surface area (Å²) in [6.07, 6.45) is 4.53. The quantitative estimate of drug-likeness (QED) is 0.788.